The van der Waals surface area contributed by atoms with E-state index in [2.05, 4.69) is 6.58 Å². The summed E-state index contributed by atoms with van der Waals surface area (Å²) in [6.45, 7) is 6.12. The van der Waals surface area contributed by atoms with Crippen LogP contribution in [0.2, 0.25) is 0 Å². The Morgan fingerprint density at radius 1 is 1.70 bits per heavy atom. The van der Waals surface area contributed by atoms with E-state index in [1.165, 1.54) is 0 Å². The summed E-state index contributed by atoms with van der Waals surface area (Å²) in [5.74, 6) is 0.0359. The summed E-state index contributed by atoms with van der Waals surface area (Å²) in [6.07, 6.45) is 4.77. The van der Waals surface area contributed by atoms with Gasteiger partial charge in [-0.1, -0.05) is 12.7 Å². The third-order valence-electron chi connectivity index (χ3n) is 1.45. The van der Waals surface area contributed by atoms with E-state index in [-0.39, 0.29) is 5.91 Å². The van der Waals surface area contributed by atoms with Gasteiger partial charge in [0, 0.05) is 18.3 Å². The molecule has 0 fully saturated rings. The van der Waals surface area contributed by atoms with Crippen LogP contribution in [-0.2, 0) is 4.79 Å². The molecule has 10 heavy (non-hydrogen) atoms. The highest BCUT2D eigenvalue weighted by molar-refractivity contribution is 5.93. The molecular formula is C8H11NO. The number of carbonyl (C=O) groups is 1. The lowest BCUT2D eigenvalue weighted by Gasteiger charge is -2.11. The van der Waals surface area contributed by atoms with Crippen molar-refractivity contribution in [3.63, 3.8) is 0 Å². The predicted molar refractivity (Wildman–Crippen MR) is 40.3 cm³/mol. The average Bonchev–Trinajstić information content (AvgIpc) is 2.36. The second-order valence-electron chi connectivity index (χ2n) is 2.45. The van der Waals surface area contributed by atoms with Crippen LogP contribution >= 0.6 is 0 Å². The molecule has 2 nitrogen and oxygen atoms in total. The molecule has 1 aliphatic rings. The molecule has 2 heteroatoms. The van der Waals surface area contributed by atoms with Gasteiger partial charge in [0.15, 0.2) is 0 Å². The maximum atomic E-state index is 11.1. The van der Waals surface area contributed by atoms with Crippen LogP contribution in [0.15, 0.2) is 24.4 Å². The summed E-state index contributed by atoms with van der Waals surface area (Å²) < 4.78 is 0. The van der Waals surface area contributed by atoms with Crippen LogP contribution in [0.1, 0.15) is 13.3 Å². The highest BCUT2D eigenvalue weighted by atomic mass is 16.2. The lowest BCUT2D eigenvalue weighted by Crippen LogP contribution is -2.23. The first-order chi connectivity index (χ1) is 4.72. The van der Waals surface area contributed by atoms with Crippen molar-refractivity contribution in [2.24, 2.45) is 0 Å². The first-order valence-electron chi connectivity index (χ1n) is 3.35. The van der Waals surface area contributed by atoms with Crippen molar-refractivity contribution in [3.8, 4) is 0 Å². The maximum absolute atomic E-state index is 11.1. The molecule has 0 aromatic carbocycles. The zero-order valence-corrected chi connectivity index (χ0v) is 6.13. The van der Waals surface area contributed by atoms with Gasteiger partial charge in [-0.2, -0.15) is 0 Å². The molecule has 1 aliphatic heterocycles. The minimum Gasteiger partial charge on any atom is -0.315 e. The summed E-state index contributed by atoms with van der Waals surface area (Å²) in [6, 6.07) is 0. The normalized spacial score (nSPS) is 15.9. The van der Waals surface area contributed by atoms with Crippen molar-refractivity contribution in [1.82, 2.24) is 4.90 Å². The Balaban J connectivity index is 2.57. The fraction of sp³-hybridized carbons (Fsp3) is 0.375. The zero-order chi connectivity index (χ0) is 7.56. The van der Waals surface area contributed by atoms with Gasteiger partial charge in [-0.05, 0) is 13.3 Å². The Labute approximate surface area is 60.8 Å². The topological polar surface area (TPSA) is 20.3 Å². The maximum Gasteiger partial charge on any atom is 0.252 e. The van der Waals surface area contributed by atoms with E-state index in [1.54, 1.807) is 11.8 Å². The minimum absolute atomic E-state index is 0.0359. The van der Waals surface area contributed by atoms with Crippen molar-refractivity contribution in [1.29, 1.82) is 0 Å². The number of nitrogens with zero attached hydrogens (tertiary/aromatic N) is 1. The Hall–Kier alpha value is -1.05. The summed E-state index contributed by atoms with van der Waals surface area (Å²) in [5, 5.41) is 0. The number of carbonyl (C=O) groups excluding carboxylic acids is 1. The van der Waals surface area contributed by atoms with Gasteiger partial charge >= 0.3 is 0 Å². The molecule has 1 heterocycles. The first-order valence-corrected chi connectivity index (χ1v) is 3.35. The van der Waals surface area contributed by atoms with E-state index in [0.29, 0.717) is 5.57 Å². The van der Waals surface area contributed by atoms with Crippen molar-refractivity contribution < 1.29 is 4.79 Å². The van der Waals surface area contributed by atoms with Crippen molar-refractivity contribution in [3.05, 3.63) is 24.4 Å². The Bertz CT molecular complexity index is 193. The minimum atomic E-state index is 0.0359. The number of amides is 1. The molecule has 0 N–H and O–H groups in total. The van der Waals surface area contributed by atoms with E-state index in [0.717, 1.165) is 13.0 Å². The molecular weight excluding hydrogens is 126 g/mol. The summed E-state index contributed by atoms with van der Waals surface area (Å²) in [7, 11) is 0. The Morgan fingerprint density at radius 2 is 2.40 bits per heavy atom. The third kappa shape index (κ3) is 1.26. The quantitative estimate of drug-likeness (QED) is 0.499. The molecule has 0 radical (unpaired) electrons. The second kappa shape index (κ2) is 2.69. The zero-order valence-electron chi connectivity index (χ0n) is 6.13. The highest BCUT2D eigenvalue weighted by Gasteiger charge is 2.12. The van der Waals surface area contributed by atoms with Gasteiger partial charge in [0.2, 0.25) is 0 Å². The number of hydrogen-bond acceptors (Lipinski definition) is 1. The molecule has 0 aromatic heterocycles. The fourth-order valence-corrected chi connectivity index (χ4v) is 0.904. The van der Waals surface area contributed by atoms with Gasteiger partial charge in [0.1, 0.15) is 0 Å². The number of hydrogen-bond donors (Lipinski definition) is 0. The van der Waals surface area contributed by atoms with Crippen LogP contribution in [0.25, 0.3) is 0 Å². The molecule has 0 unspecified atom stereocenters. The molecule has 1 rings (SSSR count). The standard InChI is InChI=1S/C8H11NO/c1-7(2)8(10)9-5-3-4-6-9/h3,5H,1,4,6H2,2H3. The second-order valence-corrected chi connectivity index (χ2v) is 2.45. The molecule has 54 valence electrons. The van der Waals surface area contributed by atoms with Gasteiger partial charge in [-0.3, -0.25) is 4.79 Å². The third-order valence-corrected chi connectivity index (χ3v) is 1.45. The van der Waals surface area contributed by atoms with E-state index < -0.39 is 0 Å². The Morgan fingerprint density at radius 3 is 2.80 bits per heavy atom. The fourth-order valence-electron chi connectivity index (χ4n) is 0.904. The van der Waals surface area contributed by atoms with Gasteiger partial charge in [0.25, 0.3) is 5.91 Å². The molecule has 0 atom stereocenters. The summed E-state index contributed by atoms with van der Waals surface area (Å²) >= 11 is 0. The molecule has 0 aliphatic carbocycles. The van der Waals surface area contributed by atoms with Crippen LogP contribution in [0, 0.1) is 0 Å². The molecule has 1 amide bonds. The average molecular weight is 137 g/mol. The van der Waals surface area contributed by atoms with Crippen molar-refractivity contribution in [2.75, 3.05) is 6.54 Å². The van der Waals surface area contributed by atoms with Crippen LogP contribution < -0.4 is 0 Å². The summed E-state index contributed by atoms with van der Waals surface area (Å²) in [5.41, 5.74) is 0.603. The van der Waals surface area contributed by atoms with Gasteiger partial charge in [-0.25, -0.2) is 0 Å². The van der Waals surface area contributed by atoms with Crippen molar-refractivity contribution >= 4 is 5.91 Å². The smallest absolute Gasteiger partial charge is 0.252 e. The van der Waals surface area contributed by atoms with E-state index in [9.17, 15) is 4.79 Å². The molecule has 0 bridgehead atoms. The lowest BCUT2D eigenvalue weighted by molar-refractivity contribution is -0.124. The van der Waals surface area contributed by atoms with Crippen LogP contribution in [-0.4, -0.2) is 17.4 Å². The predicted octanol–water partition coefficient (Wildman–Crippen LogP) is 1.31. The lowest BCUT2D eigenvalue weighted by atomic mass is 10.3. The van der Waals surface area contributed by atoms with E-state index in [1.807, 2.05) is 12.3 Å². The number of rotatable bonds is 1. The molecule has 0 aromatic rings. The SMILES string of the molecule is C=C(C)C(=O)N1C=CCC1. The largest absolute Gasteiger partial charge is 0.315 e. The van der Waals surface area contributed by atoms with E-state index in [4.69, 9.17) is 0 Å². The molecule has 0 saturated carbocycles. The molecule has 0 spiro atoms. The first kappa shape index (κ1) is 7.06. The highest BCUT2D eigenvalue weighted by Crippen LogP contribution is 2.07. The van der Waals surface area contributed by atoms with Gasteiger partial charge in [-0.15, -0.1) is 0 Å². The molecule has 0 saturated heterocycles. The van der Waals surface area contributed by atoms with Crippen LogP contribution in [0.5, 0.6) is 0 Å². The van der Waals surface area contributed by atoms with E-state index >= 15 is 0 Å². The van der Waals surface area contributed by atoms with Gasteiger partial charge in [0.05, 0.1) is 0 Å². The summed E-state index contributed by atoms with van der Waals surface area (Å²) in [4.78, 5) is 12.8. The monoisotopic (exact) mass is 137 g/mol. The van der Waals surface area contributed by atoms with Crippen LogP contribution in [0.4, 0.5) is 0 Å². The van der Waals surface area contributed by atoms with Gasteiger partial charge < -0.3 is 4.90 Å². The van der Waals surface area contributed by atoms with Crippen LogP contribution in [0.3, 0.4) is 0 Å². The van der Waals surface area contributed by atoms with Crippen molar-refractivity contribution in [2.45, 2.75) is 13.3 Å². The Kier molecular flexibility index (Phi) is 1.90.